The maximum atomic E-state index is 9.44. The van der Waals surface area contributed by atoms with E-state index in [1.165, 1.54) is 33.1 Å². The minimum Gasteiger partial charge on any atom is -0.300 e. The molecule has 0 fully saturated rings. The first-order chi connectivity index (χ1) is 4.65. The fourth-order valence-electron chi connectivity index (χ4n) is 0.362. The third kappa shape index (κ3) is 43.3. The predicted octanol–water partition coefficient (Wildman–Crippen LogP) is 2.70. The Balaban J connectivity index is 0. The standard InChI is InChI=1S/C5H12S.C3H6O/c1-2-3-4-5-6;1-3(2)4/h6H,2-5H2,1H3;1-2H3. The monoisotopic (exact) mass is 162 g/mol. The molecular weight excluding hydrogens is 144 g/mol. The highest BCUT2D eigenvalue weighted by atomic mass is 32.1. The van der Waals surface area contributed by atoms with Crippen LogP contribution in [0.5, 0.6) is 0 Å². The lowest BCUT2D eigenvalue weighted by Crippen LogP contribution is -1.70. The number of unbranched alkanes of at least 4 members (excludes halogenated alkanes) is 2. The fourth-order valence-corrected chi connectivity index (χ4v) is 0.585. The highest BCUT2D eigenvalue weighted by molar-refractivity contribution is 7.80. The Bertz CT molecular complexity index is 63.7. The average molecular weight is 162 g/mol. The van der Waals surface area contributed by atoms with Gasteiger partial charge in [-0.05, 0) is 26.0 Å². The van der Waals surface area contributed by atoms with Crippen LogP contribution in [0.2, 0.25) is 0 Å². The Morgan fingerprint density at radius 1 is 1.30 bits per heavy atom. The van der Waals surface area contributed by atoms with Gasteiger partial charge in [-0.15, -0.1) is 0 Å². The molecule has 0 bridgehead atoms. The molecule has 0 saturated heterocycles. The summed E-state index contributed by atoms with van der Waals surface area (Å²) in [5, 5.41) is 0. The summed E-state index contributed by atoms with van der Waals surface area (Å²) >= 11 is 4.05. The molecule has 0 atom stereocenters. The molecule has 0 aliphatic carbocycles. The minimum absolute atomic E-state index is 0.167. The Kier molecular flexibility index (Phi) is 14.9. The van der Waals surface area contributed by atoms with E-state index in [1.54, 1.807) is 0 Å². The quantitative estimate of drug-likeness (QED) is 0.499. The highest BCUT2D eigenvalue weighted by Crippen LogP contribution is 1.93. The van der Waals surface area contributed by atoms with Crippen molar-refractivity contribution in [3.63, 3.8) is 0 Å². The second-order valence-electron chi connectivity index (χ2n) is 2.34. The van der Waals surface area contributed by atoms with Gasteiger partial charge >= 0.3 is 0 Å². The summed E-state index contributed by atoms with van der Waals surface area (Å²) in [7, 11) is 0. The van der Waals surface area contributed by atoms with E-state index in [0.717, 1.165) is 5.75 Å². The molecule has 0 N–H and O–H groups in total. The van der Waals surface area contributed by atoms with Crippen LogP contribution in [0.4, 0.5) is 0 Å². The zero-order valence-electron chi connectivity index (χ0n) is 7.18. The van der Waals surface area contributed by atoms with Crippen molar-refractivity contribution >= 4 is 18.4 Å². The van der Waals surface area contributed by atoms with Gasteiger partial charge in [-0.3, -0.25) is 0 Å². The number of carbonyl (C=O) groups excluding carboxylic acids is 1. The number of rotatable bonds is 3. The van der Waals surface area contributed by atoms with E-state index in [9.17, 15) is 4.79 Å². The number of Topliss-reactive ketones (excluding diaryl/α,β-unsaturated/α-hetero) is 1. The fraction of sp³-hybridized carbons (Fsp3) is 0.875. The van der Waals surface area contributed by atoms with Crippen molar-refractivity contribution in [1.82, 2.24) is 0 Å². The predicted molar refractivity (Wildman–Crippen MR) is 49.7 cm³/mol. The van der Waals surface area contributed by atoms with Crippen LogP contribution in [-0.2, 0) is 4.79 Å². The lowest BCUT2D eigenvalue weighted by atomic mass is 10.3. The van der Waals surface area contributed by atoms with Gasteiger partial charge < -0.3 is 4.79 Å². The molecule has 0 aromatic carbocycles. The van der Waals surface area contributed by atoms with Crippen LogP contribution in [0.15, 0.2) is 0 Å². The molecular formula is C8H18OS. The average Bonchev–Trinajstić information content (AvgIpc) is 1.82. The summed E-state index contributed by atoms with van der Waals surface area (Å²) in [5.74, 6) is 1.22. The first kappa shape index (κ1) is 12.7. The lowest BCUT2D eigenvalue weighted by Gasteiger charge is -1.85. The lowest BCUT2D eigenvalue weighted by molar-refractivity contribution is -0.114. The molecule has 0 saturated carbocycles. The van der Waals surface area contributed by atoms with Crippen molar-refractivity contribution in [1.29, 1.82) is 0 Å². The maximum Gasteiger partial charge on any atom is 0.126 e. The summed E-state index contributed by atoms with van der Waals surface area (Å²) in [6.07, 6.45) is 3.92. The zero-order valence-corrected chi connectivity index (χ0v) is 8.08. The molecule has 0 aliphatic heterocycles. The molecule has 0 heterocycles. The number of carbonyl (C=O) groups is 1. The van der Waals surface area contributed by atoms with Gasteiger partial charge in [0, 0.05) is 0 Å². The van der Waals surface area contributed by atoms with Crippen molar-refractivity contribution in [2.75, 3.05) is 5.75 Å². The topological polar surface area (TPSA) is 17.1 Å². The Labute approximate surface area is 69.6 Å². The molecule has 2 heteroatoms. The molecule has 0 aromatic rings. The number of hydrogen-bond donors (Lipinski definition) is 1. The van der Waals surface area contributed by atoms with Gasteiger partial charge in [-0.2, -0.15) is 12.6 Å². The van der Waals surface area contributed by atoms with Crippen LogP contribution in [0.1, 0.15) is 40.0 Å². The molecule has 1 nitrogen and oxygen atoms in total. The van der Waals surface area contributed by atoms with Gasteiger partial charge in [0.25, 0.3) is 0 Å². The molecule has 0 radical (unpaired) electrons. The molecule has 0 rings (SSSR count). The smallest absolute Gasteiger partial charge is 0.126 e. The van der Waals surface area contributed by atoms with E-state index in [0.29, 0.717) is 0 Å². The van der Waals surface area contributed by atoms with Crippen LogP contribution >= 0.6 is 12.6 Å². The second-order valence-corrected chi connectivity index (χ2v) is 2.79. The Hall–Kier alpha value is 0.0200. The van der Waals surface area contributed by atoms with Gasteiger partial charge in [-0.25, -0.2) is 0 Å². The molecule has 0 spiro atoms. The Morgan fingerprint density at radius 3 is 1.80 bits per heavy atom. The first-order valence-electron chi connectivity index (χ1n) is 3.73. The SMILES string of the molecule is CC(C)=O.CCCCCS. The molecule has 10 heavy (non-hydrogen) atoms. The summed E-state index contributed by atoms with van der Waals surface area (Å²) in [6, 6.07) is 0. The summed E-state index contributed by atoms with van der Waals surface area (Å²) in [4.78, 5) is 9.44. The number of ketones is 1. The number of hydrogen-bond acceptors (Lipinski definition) is 2. The van der Waals surface area contributed by atoms with E-state index in [-0.39, 0.29) is 5.78 Å². The van der Waals surface area contributed by atoms with Gasteiger partial charge in [-0.1, -0.05) is 19.8 Å². The third-order valence-electron chi connectivity index (χ3n) is 0.762. The summed E-state index contributed by atoms with van der Waals surface area (Å²) in [5.41, 5.74) is 0. The molecule has 0 unspecified atom stereocenters. The van der Waals surface area contributed by atoms with Crippen molar-refractivity contribution in [3.05, 3.63) is 0 Å². The van der Waals surface area contributed by atoms with Crippen molar-refractivity contribution in [2.24, 2.45) is 0 Å². The summed E-state index contributed by atoms with van der Waals surface area (Å²) in [6.45, 7) is 5.25. The highest BCUT2D eigenvalue weighted by Gasteiger charge is 1.75. The zero-order chi connectivity index (χ0) is 8.41. The van der Waals surface area contributed by atoms with Crippen LogP contribution in [0.3, 0.4) is 0 Å². The van der Waals surface area contributed by atoms with E-state index in [2.05, 4.69) is 19.6 Å². The molecule has 0 aromatic heterocycles. The normalized spacial score (nSPS) is 8.00. The van der Waals surface area contributed by atoms with Crippen LogP contribution in [-0.4, -0.2) is 11.5 Å². The van der Waals surface area contributed by atoms with Crippen LogP contribution in [0, 0.1) is 0 Å². The van der Waals surface area contributed by atoms with Gasteiger partial charge in [0.15, 0.2) is 0 Å². The van der Waals surface area contributed by atoms with Gasteiger partial charge in [0.2, 0.25) is 0 Å². The third-order valence-corrected chi connectivity index (χ3v) is 1.08. The van der Waals surface area contributed by atoms with Gasteiger partial charge in [0.05, 0.1) is 0 Å². The number of thiol groups is 1. The molecule has 0 aliphatic rings. The van der Waals surface area contributed by atoms with E-state index in [1.807, 2.05) is 0 Å². The van der Waals surface area contributed by atoms with Crippen LogP contribution in [0.25, 0.3) is 0 Å². The van der Waals surface area contributed by atoms with Crippen LogP contribution < -0.4 is 0 Å². The van der Waals surface area contributed by atoms with Crippen molar-refractivity contribution in [3.8, 4) is 0 Å². The largest absolute Gasteiger partial charge is 0.300 e. The Morgan fingerprint density at radius 2 is 1.70 bits per heavy atom. The van der Waals surface area contributed by atoms with E-state index < -0.39 is 0 Å². The van der Waals surface area contributed by atoms with E-state index >= 15 is 0 Å². The van der Waals surface area contributed by atoms with Crippen molar-refractivity contribution < 1.29 is 4.79 Å². The van der Waals surface area contributed by atoms with Gasteiger partial charge in [0.1, 0.15) is 5.78 Å². The van der Waals surface area contributed by atoms with Crippen molar-refractivity contribution in [2.45, 2.75) is 40.0 Å². The minimum atomic E-state index is 0.167. The van der Waals surface area contributed by atoms with E-state index in [4.69, 9.17) is 0 Å². The maximum absolute atomic E-state index is 9.44. The molecule has 0 amide bonds. The first-order valence-corrected chi connectivity index (χ1v) is 4.36. The molecule has 62 valence electrons. The second kappa shape index (κ2) is 11.8. The summed E-state index contributed by atoms with van der Waals surface area (Å²) < 4.78 is 0.